The van der Waals surface area contributed by atoms with E-state index in [-0.39, 0.29) is 11.7 Å². The monoisotopic (exact) mass is 339 g/mol. The van der Waals surface area contributed by atoms with Gasteiger partial charge < -0.3 is 4.90 Å². The van der Waals surface area contributed by atoms with Crippen LogP contribution < -0.4 is 4.90 Å². The average Bonchev–Trinajstić information content (AvgIpc) is 2.78. The van der Waals surface area contributed by atoms with Crippen molar-refractivity contribution in [3.63, 3.8) is 0 Å². The number of carbonyl (C=O) groups is 1. The highest BCUT2D eigenvalue weighted by Gasteiger charge is 2.24. The van der Waals surface area contributed by atoms with Gasteiger partial charge in [-0.05, 0) is 52.2 Å². The van der Waals surface area contributed by atoms with Crippen LogP contribution in [0.3, 0.4) is 0 Å². The predicted molar refractivity (Wildman–Crippen MR) is 77.9 cm³/mol. The Labute approximate surface area is 123 Å². The molecule has 0 fully saturated rings. The molecule has 1 aromatic heterocycles. The van der Waals surface area contributed by atoms with E-state index in [0.29, 0.717) is 19.4 Å². The number of aryl methyl sites for hydroxylation is 1. The fraction of sp³-hybridized carbons (Fsp3) is 0.214. The minimum atomic E-state index is -0.244. The van der Waals surface area contributed by atoms with E-state index in [4.69, 9.17) is 0 Å². The maximum atomic E-state index is 13.2. The van der Waals surface area contributed by atoms with E-state index in [1.807, 2.05) is 11.4 Å². The zero-order valence-corrected chi connectivity index (χ0v) is 12.4. The van der Waals surface area contributed by atoms with Crippen LogP contribution in [0.15, 0.2) is 34.1 Å². The second-order valence-electron chi connectivity index (χ2n) is 4.48. The van der Waals surface area contributed by atoms with E-state index in [9.17, 15) is 9.18 Å². The smallest absolute Gasteiger partial charge is 0.227 e. The quantitative estimate of drug-likeness (QED) is 0.805. The number of anilines is 1. The first-order valence-electron chi connectivity index (χ1n) is 5.95. The van der Waals surface area contributed by atoms with Crippen molar-refractivity contribution in [1.82, 2.24) is 0 Å². The van der Waals surface area contributed by atoms with Crippen LogP contribution >= 0.6 is 27.3 Å². The van der Waals surface area contributed by atoms with Crippen molar-refractivity contribution in [3.8, 4) is 0 Å². The summed E-state index contributed by atoms with van der Waals surface area (Å²) in [5.74, 6) is -0.143. The van der Waals surface area contributed by atoms with Gasteiger partial charge in [-0.25, -0.2) is 4.39 Å². The normalized spacial score (nSPS) is 14.6. The highest BCUT2D eigenvalue weighted by molar-refractivity contribution is 9.10. The minimum Gasteiger partial charge on any atom is -0.307 e. The Hall–Kier alpha value is -1.20. The fourth-order valence-corrected chi connectivity index (χ4v) is 3.73. The van der Waals surface area contributed by atoms with Crippen LogP contribution in [-0.4, -0.2) is 5.91 Å². The molecule has 98 valence electrons. The Morgan fingerprint density at radius 2 is 2.16 bits per heavy atom. The molecule has 0 bridgehead atoms. The maximum Gasteiger partial charge on any atom is 0.227 e. The third-order valence-electron chi connectivity index (χ3n) is 3.18. The molecule has 3 rings (SSSR count). The largest absolute Gasteiger partial charge is 0.307 e. The van der Waals surface area contributed by atoms with Gasteiger partial charge in [-0.1, -0.05) is 0 Å². The van der Waals surface area contributed by atoms with E-state index >= 15 is 0 Å². The SMILES string of the molecule is O=C1CCc2cc(F)ccc2N1Cc1cc(Br)cs1. The lowest BCUT2D eigenvalue weighted by molar-refractivity contribution is -0.119. The van der Waals surface area contributed by atoms with Gasteiger partial charge in [-0.15, -0.1) is 11.3 Å². The molecule has 1 aliphatic heterocycles. The predicted octanol–water partition coefficient (Wildman–Crippen LogP) is 4.13. The molecule has 0 saturated carbocycles. The van der Waals surface area contributed by atoms with E-state index < -0.39 is 0 Å². The van der Waals surface area contributed by atoms with Gasteiger partial charge in [-0.2, -0.15) is 0 Å². The lowest BCUT2D eigenvalue weighted by atomic mass is 10.0. The lowest BCUT2D eigenvalue weighted by Gasteiger charge is -2.29. The van der Waals surface area contributed by atoms with Crippen LogP contribution in [0.25, 0.3) is 0 Å². The van der Waals surface area contributed by atoms with Crippen molar-refractivity contribution in [1.29, 1.82) is 0 Å². The van der Waals surface area contributed by atoms with Crippen LogP contribution in [-0.2, 0) is 17.8 Å². The maximum absolute atomic E-state index is 13.2. The van der Waals surface area contributed by atoms with Gasteiger partial charge in [0.2, 0.25) is 5.91 Å². The number of hydrogen-bond acceptors (Lipinski definition) is 2. The third-order valence-corrected chi connectivity index (χ3v) is 4.86. The molecular weight excluding hydrogens is 329 g/mol. The highest BCUT2D eigenvalue weighted by atomic mass is 79.9. The number of fused-ring (bicyclic) bond motifs is 1. The first-order chi connectivity index (χ1) is 9.13. The van der Waals surface area contributed by atoms with E-state index in [2.05, 4.69) is 15.9 Å². The third kappa shape index (κ3) is 2.58. The van der Waals surface area contributed by atoms with Gasteiger partial charge in [0.1, 0.15) is 5.82 Å². The van der Waals surface area contributed by atoms with E-state index in [1.54, 1.807) is 22.3 Å². The summed E-state index contributed by atoms with van der Waals surface area (Å²) in [6, 6.07) is 6.65. The average molecular weight is 340 g/mol. The molecule has 0 N–H and O–H groups in total. The summed E-state index contributed by atoms with van der Waals surface area (Å²) in [6.07, 6.45) is 1.07. The molecule has 0 unspecified atom stereocenters. The second kappa shape index (κ2) is 5.06. The summed E-state index contributed by atoms with van der Waals surface area (Å²) in [6.45, 7) is 0.549. The zero-order valence-electron chi connectivity index (χ0n) is 10.0. The molecule has 1 aromatic carbocycles. The molecule has 2 heterocycles. The summed E-state index contributed by atoms with van der Waals surface area (Å²) in [5.41, 5.74) is 1.75. The van der Waals surface area contributed by atoms with Crippen molar-refractivity contribution < 1.29 is 9.18 Å². The molecule has 19 heavy (non-hydrogen) atoms. The molecule has 0 aliphatic carbocycles. The number of nitrogens with zero attached hydrogens (tertiary/aromatic N) is 1. The van der Waals surface area contributed by atoms with Crippen molar-refractivity contribution in [2.75, 3.05) is 4.90 Å². The Balaban J connectivity index is 1.94. The van der Waals surface area contributed by atoms with Crippen molar-refractivity contribution >= 4 is 38.9 Å². The molecule has 2 aromatic rings. The van der Waals surface area contributed by atoms with Crippen LogP contribution in [0.2, 0.25) is 0 Å². The summed E-state index contributed by atoms with van der Waals surface area (Å²) < 4.78 is 14.3. The summed E-state index contributed by atoms with van der Waals surface area (Å²) in [5, 5.41) is 2.00. The Morgan fingerprint density at radius 1 is 1.32 bits per heavy atom. The Kier molecular flexibility index (Phi) is 3.41. The van der Waals surface area contributed by atoms with Crippen LogP contribution in [0.5, 0.6) is 0 Å². The highest BCUT2D eigenvalue weighted by Crippen LogP contribution is 2.31. The molecular formula is C14H11BrFNOS. The molecule has 0 spiro atoms. The van der Waals surface area contributed by atoms with E-state index in [1.165, 1.54) is 12.1 Å². The van der Waals surface area contributed by atoms with Gasteiger partial charge in [0, 0.05) is 26.8 Å². The standard InChI is InChI=1S/C14H11BrFNOS/c15-10-6-12(19-8-10)7-17-13-3-2-11(16)5-9(13)1-4-14(17)18/h2-3,5-6,8H,1,4,7H2. The number of benzene rings is 1. The number of thiophene rings is 1. The molecule has 1 amide bonds. The summed E-state index contributed by atoms with van der Waals surface area (Å²) >= 11 is 5.02. The molecule has 0 atom stereocenters. The van der Waals surface area contributed by atoms with Crippen LogP contribution in [0.1, 0.15) is 16.9 Å². The minimum absolute atomic E-state index is 0.101. The van der Waals surface area contributed by atoms with Crippen molar-refractivity contribution in [3.05, 3.63) is 50.4 Å². The molecule has 0 saturated heterocycles. The van der Waals surface area contributed by atoms with Crippen molar-refractivity contribution in [2.45, 2.75) is 19.4 Å². The number of amides is 1. The van der Waals surface area contributed by atoms with Gasteiger partial charge in [0.05, 0.1) is 6.54 Å². The second-order valence-corrected chi connectivity index (χ2v) is 6.40. The number of rotatable bonds is 2. The number of carbonyl (C=O) groups excluding carboxylic acids is 1. The summed E-state index contributed by atoms with van der Waals surface area (Å²) in [7, 11) is 0. The van der Waals surface area contributed by atoms with Crippen LogP contribution in [0, 0.1) is 5.82 Å². The number of hydrogen-bond donors (Lipinski definition) is 0. The summed E-state index contributed by atoms with van der Waals surface area (Å²) in [4.78, 5) is 14.9. The molecule has 5 heteroatoms. The van der Waals surface area contributed by atoms with Crippen LogP contribution in [0.4, 0.5) is 10.1 Å². The fourth-order valence-electron chi connectivity index (χ4n) is 2.29. The molecule has 0 radical (unpaired) electrons. The zero-order chi connectivity index (χ0) is 13.4. The molecule has 1 aliphatic rings. The first-order valence-corrected chi connectivity index (χ1v) is 7.62. The number of halogens is 2. The van der Waals surface area contributed by atoms with Gasteiger partial charge >= 0.3 is 0 Å². The van der Waals surface area contributed by atoms with Gasteiger partial charge in [-0.3, -0.25) is 4.79 Å². The van der Waals surface area contributed by atoms with Gasteiger partial charge in [0.25, 0.3) is 0 Å². The van der Waals surface area contributed by atoms with Crippen molar-refractivity contribution in [2.24, 2.45) is 0 Å². The lowest BCUT2D eigenvalue weighted by Crippen LogP contribution is -2.34. The van der Waals surface area contributed by atoms with E-state index in [0.717, 1.165) is 20.6 Å². The van der Waals surface area contributed by atoms with Gasteiger partial charge in [0.15, 0.2) is 0 Å². The first kappa shape index (κ1) is 12.8. The molecule has 2 nitrogen and oxygen atoms in total. The Bertz CT molecular complexity index is 640. The Morgan fingerprint density at radius 3 is 2.89 bits per heavy atom. The topological polar surface area (TPSA) is 20.3 Å².